The maximum absolute atomic E-state index is 12.8. The van der Waals surface area contributed by atoms with E-state index in [2.05, 4.69) is 0 Å². The van der Waals surface area contributed by atoms with Crippen LogP contribution in [0.15, 0.2) is 17.0 Å². The fourth-order valence-electron chi connectivity index (χ4n) is 2.67. The van der Waals surface area contributed by atoms with E-state index in [9.17, 15) is 18.3 Å². The van der Waals surface area contributed by atoms with Gasteiger partial charge in [0, 0.05) is 17.6 Å². The maximum Gasteiger partial charge on any atom is 0.308 e. The number of halogens is 3. The van der Waals surface area contributed by atoms with E-state index in [-0.39, 0.29) is 26.5 Å². The van der Waals surface area contributed by atoms with Crippen molar-refractivity contribution in [1.29, 1.82) is 0 Å². The minimum absolute atomic E-state index is 0.0813. The average molecular weight is 387 g/mol. The van der Waals surface area contributed by atoms with E-state index in [0.29, 0.717) is 12.8 Å². The number of nitrogens with zero attached hydrogens (tertiary/aromatic N) is 1. The molecule has 0 bridgehead atoms. The quantitative estimate of drug-likeness (QED) is 0.862. The van der Waals surface area contributed by atoms with Gasteiger partial charge in [0.25, 0.3) is 0 Å². The van der Waals surface area contributed by atoms with Gasteiger partial charge < -0.3 is 5.11 Å². The van der Waals surface area contributed by atoms with Gasteiger partial charge in [0.2, 0.25) is 10.0 Å². The van der Waals surface area contributed by atoms with Crippen molar-refractivity contribution in [2.24, 2.45) is 5.92 Å². The molecule has 1 N–H and O–H groups in total. The summed E-state index contributed by atoms with van der Waals surface area (Å²) >= 11 is 17.8. The number of carbonyl (C=O) groups is 1. The van der Waals surface area contributed by atoms with Crippen LogP contribution in [0.4, 0.5) is 0 Å². The normalized spacial score (nSPS) is 23.5. The molecule has 2 rings (SSSR count). The fraction of sp³-hybridized carbons (Fsp3) is 0.462. The first-order chi connectivity index (χ1) is 10.2. The third-order valence-corrected chi connectivity index (χ3v) is 6.90. The van der Waals surface area contributed by atoms with Crippen LogP contribution in [0.5, 0.6) is 0 Å². The lowest BCUT2D eigenvalue weighted by Gasteiger charge is -2.36. The summed E-state index contributed by atoms with van der Waals surface area (Å²) in [5.74, 6) is -1.77. The van der Waals surface area contributed by atoms with Gasteiger partial charge in [-0.1, -0.05) is 34.8 Å². The summed E-state index contributed by atoms with van der Waals surface area (Å²) in [6.07, 6.45) is 0.897. The van der Waals surface area contributed by atoms with E-state index in [1.54, 1.807) is 6.92 Å². The van der Waals surface area contributed by atoms with Crippen LogP contribution in [0, 0.1) is 5.92 Å². The number of carboxylic acid groups (broad SMARTS) is 1. The molecule has 22 heavy (non-hydrogen) atoms. The molecular formula is C13H14Cl3NO4S. The highest BCUT2D eigenvalue weighted by atomic mass is 35.5. The van der Waals surface area contributed by atoms with Crippen LogP contribution in [-0.4, -0.2) is 36.4 Å². The molecule has 1 saturated heterocycles. The van der Waals surface area contributed by atoms with Gasteiger partial charge in [0.15, 0.2) is 0 Å². The first-order valence-corrected chi connectivity index (χ1v) is 9.13. The molecule has 0 spiro atoms. The molecule has 0 radical (unpaired) electrons. The molecule has 0 aromatic heterocycles. The molecule has 0 amide bonds. The Balaban J connectivity index is 2.49. The number of piperidine rings is 1. The van der Waals surface area contributed by atoms with Crippen molar-refractivity contribution >= 4 is 50.8 Å². The molecule has 2 atom stereocenters. The largest absolute Gasteiger partial charge is 0.481 e. The Morgan fingerprint density at radius 3 is 2.32 bits per heavy atom. The Labute approximate surface area is 143 Å². The van der Waals surface area contributed by atoms with Gasteiger partial charge in [0.1, 0.15) is 4.90 Å². The molecule has 1 heterocycles. The van der Waals surface area contributed by atoms with Gasteiger partial charge >= 0.3 is 5.97 Å². The van der Waals surface area contributed by atoms with Gasteiger partial charge in [-0.05, 0) is 31.9 Å². The number of hydrogen-bond acceptors (Lipinski definition) is 3. The standard InChI is InChI=1S/C13H14Cl3NO4S/c1-7-9(13(18)19)3-2-4-17(7)22(20,21)12-10(15)5-8(14)6-11(12)16/h5-7,9H,2-4H2,1H3,(H,18,19)/t7-,9-/m1/s1. The third kappa shape index (κ3) is 3.21. The lowest BCUT2D eigenvalue weighted by Crippen LogP contribution is -2.49. The zero-order valence-electron chi connectivity index (χ0n) is 11.6. The molecular weight excluding hydrogens is 373 g/mol. The topological polar surface area (TPSA) is 74.7 Å². The Hall–Kier alpha value is -0.530. The monoisotopic (exact) mass is 385 g/mol. The van der Waals surface area contributed by atoms with Crippen molar-refractivity contribution in [3.63, 3.8) is 0 Å². The van der Waals surface area contributed by atoms with Crippen molar-refractivity contribution in [3.05, 3.63) is 27.2 Å². The minimum atomic E-state index is -4.01. The SMILES string of the molecule is C[C@@H]1[C@H](C(=O)O)CCCN1S(=O)(=O)c1c(Cl)cc(Cl)cc1Cl. The highest BCUT2D eigenvalue weighted by Gasteiger charge is 2.41. The highest BCUT2D eigenvalue weighted by molar-refractivity contribution is 7.89. The van der Waals surface area contributed by atoms with Gasteiger partial charge in [-0.25, -0.2) is 8.42 Å². The molecule has 5 nitrogen and oxygen atoms in total. The van der Waals surface area contributed by atoms with Crippen molar-refractivity contribution < 1.29 is 18.3 Å². The summed E-state index contributed by atoms with van der Waals surface area (Å²) in [5.41, 5.74) is 0. The molecule has 0 unspecified atom stereocenters. The molecule has 1 fully saturated rings. The van der Waals surface area contributed by atoms with Crippen LogP contribution >= 0.6 is 34.8 Å². The summed E-state index contributed by atoms with van der Waals surface area (Å²) < 4.78 is 26.8. The lowest BCUT2D eigenvalue weighted by atomic mass is 9.92. The summed E-state index contributed by atoms with van der Waals surface area (Å²) in [5, 5.41) is 9.28. The van der Waals surface area contributed by atoms with E-state index >= 15 is 0 Å². The Morgan fingerprint density at radius 1 is 1.27 bits per heavy atom. The van der Waals surface area contributed by atoms with Crippen LogP contribution in [0.2, 0.25) is 15.1 Å². The summed E-state index contributed by atoms with van der Waals surface area (Å²) in [6, 6.07) is 1.91. The lowest BCUT2D eigenvalue weighted by molar-refractivity contribution is -0.144. The van der Waals surface area contributed by atoms with Gasteiger partial charge in [-0.3, -0.25) is 4.79 Å². The second-order valence-electron chi connectivity index (χ2n) is 5.14. The molecule has 1 aliphatic heterocycles. The molecule has 9 heteroatoms. The molecule has 1 aromatic rings. The third-order valence-electron chi connectivity index (χ3n) is 3.78. The fourth-order valence-corrected chi connectivity index (χ4v) is 5.88. The predicted octanol–water partition coefficient (Wildman–Crippen LogP) is 3.52. The first kappa shape index (κ1) is 17.8. The van der Waals surface area contributed by atoms with Gasteiger partial charge in [0.05, 0.1) is 16.0 Å². The average Bonchev–Trinajstić information content (AvgIpc) is 2.36. The van der Waals surface area contributed by atoms with Crippen LogP contribution < -0.4 is 0 Å². The van der Waals surface area contributed by atoms with E-state index in [1.807, 2.05) is 0 Å². The molecule has 1 aromatic carbocycles. The first-order valence-electron chi connectivity index (χ1n) is 6.55. The Morgan fingerprint density at radius 2 is 1.82 bits per heavy atom. The molecule has 1 aliphatic rings. The Bertz CT molecular complexity index is 684. The van der Waals surface area contributed by atoms with E-state index in [0.717, 1.165) is 4.31 Å². The van der Waals surface area contributed by atoms with Crippen LogP contribution in [-0.2, 0) is 14.8 Å². The number of carboxylic acids is 1. The smallest absolute Gasteiger partial charge is 0.308 e. The van der Waals surface area contributed by atoms with E-state index in [4.69, 9.17) is 34.8 Å². The van der Waals surface area contributed by atoms with Crippen molar-refractivity contribution in [2.45, 2.75) is 30.7 Å². The molecule has 0 saturated carbocycles. The van der Waals surface area contributed by atoms with Crippen molar-refractivity contribution in [1.82, 2.24) is 4.31 Å². The summed E-state index contributed by atoms with van der Waals surface area (Å²) in [7, 11) is -4.01. The van der Waals surface area contributed by atoms with E-state index < -0.39 is 28.0 Å². The number of aliphatic carboxylic acids is 1. The molecule has 122 valence electrons. The second-order valence-corrected chi connectivity index (χ2v) is 8.22. The maximum atomic E-state index is 12.8. The molecule has 0 aliphatic carbocycles. The zero-order chi connectivity index (χ0) is 16.7. The van der Waals surface area contributed by atoms with Crippen molar-refractivity contribution in [3.8, 4) is 0 Å². The van der Waals surface area contributed by atoms with Gasteiger partial charge in [-0.15, -0.1) is 0 Å². The summed E-state index contributed by atoms with van der Waals surface area (Å²) in [6.45, 7) is 1.80. The van der Waals surface area contributed by atoms with Crippen LogP contribution in [0.1, 0.15) is 19.8 Å². The van der Waals surface area contributed by atoms with Crippen molar-refractivity contribution in [2.75, 3.05) is 6.54 Å². The predicted molar refractivity (Wildman–Crippen MR) is 85.2 cm³/mol. The number of rotatable bonds is 3. The van der Waals surface area contributed by atoms with Crippen LogP contribution in [0.3, 0.4) is 0 Å². The second kappa shape index (κ2) is 6.53. The Kier molecular flexibility index (Phi) is 5.29. The number of benzene rings is 1. The zero-order valence-corrected chi connectivity index (χ0v) is 14.7. The minimum Gasteiger partial charge on any atom is -0.481 e. The number of sulfonamides is 1. The van der Waals surface area contributed by atoms with Gasteiger partial charge in [-0.2, -0.15) is 4.31 Å². The summed E-state index contributed by atoms with van der Waals surface area (Å²) in [4.78, 5) is 11.0. The van der Waals surface area contributed by atoms with Crippen LogP contribution in [0.25, 0.3) is 0 Å². The highest BCUT2D eigenvalue weighted by Crippen LogP contribution is 2.37. The van der Waals surface area contributed by atoms with E-state index in [1.165, 1.54) is 12.1 Å². The number of hydrogen-bond donors (Lipinski definition) is 1.